The highest BCUT2D eigenvalue weighted by molar-refractivity contribution is 7.80. The second kappa shape index (κ2) is 10.7. The van der Waals surface area contributed by atoms with Crippen LogP contribution in [0.1, 0.15) is 46.7 Å². The van der Waals surface area contributed by atoms with E-state index in [1.165, 1.54) is 23.0 Å². The first-order valence-electron chi connectivity index (χ1n) is 12.7. The summed E-state index contributed by atoms with van der Waals surface area (Å²) in [7, 11) is 0. The van der Waals surface area contributed by atoms with Gasteiger partial charge in [0.2, 0.25) is 0 Å². The lowest BCUT2D eigenvalue weighted by Crippen LogP contribution is -2.37. The molecular formula is C28H34FN5OS. The number of anilines is 1. The fourth-order valence-corrected chi connectivity index (χ4v) is 5.82. The van der Waals surface area contributed by atoms with Crippen LogP contribution < -0.4 is 10.2 Å². The van der Waals surface area contributed by atoms with Gasteiger partial charge in [0.25, 0.3) is 0 Å². The summed E-state index contributed by atoms with van der Waals surface area (Å²) in [6, 6.07) is 13.2. The molecule has 2 aromatic heterocycles. The quantitative estimate of drug-likeness (QED) is 0.462. The number of hydrogen-bond acceptors (Lipinski definition) is 4. The van der Waals surface area contributed by atoms with Crippen LogP contribution >= 0.6 is 12.2 Å². The first-order chi connectivity index (χ1) is 17.4. The molecule has 36 heavy (non-hydrogen) atoms. The second-order valence-electron chi connectivity index (χ2n) is 9.72. The van der Waals surface area contributed by atoms with Crippen molar-refractivity contribution < 1.29 is 9.13 Å². The molecule has 190 valence electrons. The fourth-order valence-electron chi connectivity index (χ4n) is 5.48. The fraction of sp³-hybridized carbons (Fsp3) is 0.429. The first-order valence-corrected chi connectivity index (χ1v) is 13.1. The average Bonchev–Trinajstić information content (AvgIpc) is 3.37. The topological polar surface area (TPSA) is 45.6 Å². The molecule has 1 aromatic carbocycles. The SMILES string of the molecule is Cc1cc(N2C(=S)N[C@@H](c3ccccn3)[C@@H]2c2cc(C)n(CCCN3CCOCC3)c2C)ccc1F. The number of nitrogens with one attached hydrogen (secondary N) is 1. The van der Waals surface area contributed by atoms with Crippen LogP contribution in [0.15, 0.2) is 48.7 Å². The number of aromatic nitrogens is 2. The third-order valence-corrected chi connectivity index (χ3v) is 7.72. The molecule has 6 nitrogen and oxygen atoms in total. The van der Waals surface area contributed by atoms with Gasteiger partial charge >= 0.3 is 0 Å². The Kier molecular flexibility index (Phi) is 7.37. The van der Waals surface area contributed by atoms with Crippen molar-refractivity contribution in [3.05, 3.63) is 82.7 Å². The van der Waals surface area contributed by atoms with Gasteiger partial charge in [0.1, 0.15) is 5.82 Å². The molecule has 5 rings (SSSR count). The van der Waals surface area contributed by atoms with E-state index in [1.807, 2.05) is 36.5 Å². The second-order valence-corrected chi connectivity index (χ2v) is 10.1. The number of pyridine rings is 1. The maximum absolute atomic E-state index is 14.1. The van der Waals surface area contributed by atoms with Crippen LogP contribution in [0.25, 0.3) is 0 Å². The van der Waals surface area contributed by atoms with Crippen molar-refractivity contribution in [2.45, 2.75) is 45.8 Å². The highest BCUT2D eigenvalue weighted by atomic mass is 32.1. The highest BCUT2D eigenvalue weighted by Crippen LogP contribution is 2.43. The van der Waals surface area contributed by atoms with Crippen LogP contribution in [0.5, 0.6) is 0 Å². The zero-order chi connectivity index (χ0) is 25.2. The zero-order valence-electron chi connectivity index (χ0n) is 21.2. The molecule has 0 radical (unpaired) electrons. The van der Waals surface area contributed by atoms with E-state index in [1.54, 1.807) is 6.92 Å². The Labute approximate surface area is 218 Å². The molecule has 1 N–H and O–H groups in total. The van der Waals surface area contributed by atoms with E-state index in [4.69, 9.17) is 17.0 Å². The summed E-state index contributed by atoms with van der Waals surface area (Å²) in [4.78, 5) is 9.27. The van der Waals surface area contributed by atoms with Crippen molar-refractivity contribution in [3.63, 3.8) is 0 Å². The minimum absolute atomic E-state index is 0.101. The van der Waals surface area contributed by atoms with E-state index >= 15 is 0 Å². The first kappa shape index (κ1) is 24.9. The summed E-state index contributed by atoms with van der Waals surface area (Å²) in [5.74, 6) is -0.215. The maximum Gasteiger partial charge on any atom is 0.174 e. The smallest absolute Gasteiger partial charge is 0.174 e. The van der Waals surface area contributed by atoms with Gasteiger partial charge in [-0.25, -0.2) is 4.39 Å². The van der Waals surface area contributed by atoms with Crippen molar-refractivity contribution in [3.8, 4) is 0 Å². The maximum atomic E-state index is 14.1. The molecule has 2 aliphatic heterocycles. The predicted octanol–water partition coefficient (Wildman–Crippen LogP) is 4.85. The van der Waals surface area contributed by atoms with Crippen molar-refractivity contribution in [1.82, 2.24) is 19.8 Å². The monoisotopic (exact) mass is 507 g/mol. The summed E-state index contributed by atoms with van der Waals surface area (Å²) in [6.45, 7) is 11.9. The van der Waals surface area contributed by atoms with E-state index < -0.39 is 0 Å². The summed E-state index contributed by atoms with van der Waals surface area (Å²) < 4.78 is 22.0. The Balaban J connectivity index is 1.48. The number of benzene rings is 1. The van der Waals surface area contributed by atoms with Gasteiger partial charge in [-0.3, -0.25) is 9.88 Å². The average molecular weight is 508 g/mol. The summed E-state index contributed by atoms with van der Waals surface area (Å²) >= 11 is 5.85. The summed E-state index contributed by atoms with van der Waals surface area (Å²) in [5, 5.41) is 4.14. The van der Waals surface area contributed by atoms with E-state index in [9.17, 15) is 4.39 Å². The van der Waals surface area contributed by atoms with Crippen LogP contribution in [0.3, 0.4) is 0 Å². The van der Waals surface area contributed by atoms with Crippen LogP contribution in [0.2, 0.25) is 0 Å². The van der Waals surface area contributed by atoms with Crippen molar-refractivity contribution in [2.24, 2.45) is 0 Å². The molecule has 0 unspecified atom stereocenters. The number of ether oxygens (including phenoxy) is 1. The van der Waals surface area contributed by atoms with Gasteiger partial charge in [0.05, 0.1) is 31.0 Å². The van der Waals surface area contributed by atoms with Crippen molar-refractivity contribution in [2.75, 3.05) is 37.7 Å². The van der Waals surface area contributed by atoms with Gasteiger partial charge in [-0.1, -0.05) is 6.07 Å². The lowest BCUT2D eigenvalue weighted by molar-refractivity contribution is 0.0369. The Hall–Kier alpha value is -2.81. The van der Waals surface area contributed by atoms with Crippen LogP contribution in [-0.2, 0) is 11.3 Å². The molecule has 2 atom stereocenters. The van der Waals surface area contributed by atoms with E-state index in [0.717, 1.165) is 57.2 Å². The molecule has 0 bridgehead atoms. The van der Waals surface area contributed by atoms with Gasteiger partial charge < -0.3 is 19.5 Å². The Morgan fingerprint density at radius 3 is 2.61 bits per heavy atom. The number of morpholine rings is 1. The van der Waals surface area contributed by atoms with Crippen LogP contribution in [0.4, 0.5) is 10.1 Å². The van der Waals surface area contributed by atoms with Gasteiger partial charge in [-0.2, -0.15) is 0 Å². The Bertz CT molecular complexity index is 1220. The molecule has 3 aromatic rings. The van der Waals surface area contributed by atoms with Gasteiger partial charge in [0.15, 0.2) is 5.11 Å². The summed E-state index contributed by atoms with van der Waals surface area (Å²) in [5.41, 5.74) is 6.09. The number of rotatable bonds is 7. The van der Waals surface area contributed by atoms with Gasteiger partial charge in [0, 0.05) is 49.5 Å². The number of nitrogens with zero attached hydrogens (tertiary/aromatic N) is 4. The van der Waals surface area contributed by atoms with Crippen LogP contribution in [0, 0.1) is 26.6 Å². The van der Waals surface area contributed by atoms with E-state index in [0.29, 0.717) is 10.7 Å². The minimum atomic E-state index is -0.215. The molecule has 2 saturated heterocycles. The highest BCUT2D eigenvalue weighted by Gasteiger charge is 2.42. The Morgan fingerprint density at radius 1 is 1.08 bits per heavy atom. The summed E-state index contributed by atoms with van der Waals surface area (Å²) in [6.07, 6.45) is 2.90. The number of aryl methyl sites for hydroxylation is 2. The third-order valence-electron chi connectivity index (χ3n) is 7.41. The molecule has 0 saturated carbocycles. The number of hydrogen-bond donors (Lipinski definition) is 1. The molecule has 2 fully saturated rings. The lowest BCUT2D eigenvalue weighted by atomic mass is 9.96. The largest absolute Gasteiger partial charge is 0.379 e. The molecule has 4 heterocycles. The number of halogens is 1. The molecular weight excluding hydrogens is 473 g/mol. The van der Waals surface area contributed by atoms with E-state index in [-0.39, 0.29) is 17.9 Å². The van der Waals surface area contributed by atoms with Gasteiger partial charge in [-0.15, -0.1) is 0 Å². The van der Waals surface area contributed by atoms with Crippen molar-refractivity contribution in [1.29, 1.82) is 0 Å². The molecule has 2 aliphatic rings. The standard InChI is InChI=1S/C28H34FN5OS/c1-19-17-22(8-9-24(19)29)34-27(26(31-28(34)36)25-7-4-5-10-30-25)23-18-20(2)33(21(23)3)12-6-11-32-13-15-35-16-14-32/h4-5,7-10,17-18,26-27H,6,11-16H2,1-3H3,(H,31,36)/t26-,27-/m0/s1. The normalized spacial score (nSPS) is 20.7. The van der Waals surface area contributed by atoms with Crippen molar-refractivity contribution >= 4 is 23.0 Å². The molecule has 0 aliphatic carbocycles. The molecule has 0 amide bonds. The number of thiocarbonyl (C=S) groups is 1. The minimum Gasteiger partial charge on any atom is -0.379 e. The third kappa shape index (κ3) is 4.90. The molecule has 8 heteroatoms. The Morgan fingerprint density at radius 2 is 1.89 bits per heavy atom. The lowest BCUT2D eigenvalue weighted by Gasteiger charge is -2.28. The van der Waals surface area contributed by atoms with Crippen LogP contribution in [-0.4, -0.2) is 52.4 Å². The van der Waals surface area contributed by atoms with E-state index in [2.05, 4.69) is 44.6 Å². The zero-order valence-corrected chi connectivity index (χ0v) is 22.0. The molecule has 0 spiro atoms. The van der Waals surface area contributed by atoms with Gasteiger partial charge in [-0.05, 0) is 86.9 Å². The predicted molar refractivity (Wildman–Crippen MR) is 145 cm³/mol.